The van der Waals surface area contributed by atoms with E-state index in [0.29, 0.717) is 0 Å². The van der Waals surface area contributed by atoms with Crippen molar-refractivity contribution in [3.05, 3.63) is 46.7 Å². The second-order valence-electron chi connectivity index (χ2n) is 4.75. The standard InChI is InChI=1S/C15H21NO/c1-11-6-7-12(2)14(9-11)15(16-3)13-5-4-8-17-10-13/h6-7,9-10,15-16H,4-5,8H2,1-3H3. The van der Waals surface area contributed by atoms with Crippen molar-refractivity contribution < 1.29 is 4.74 Å². The molecule has 0 saturated carbocycles. The molecular formula is C15H21NO. The molecule has 92 valence electrons. The highest BCUT2D eigenvalue weighted by atomic mass is 16.5. The molecule has 0 saturated heterocycles. The van der Waals surface area contributed by atoms with E-state index in [0.717, 1.165) is 19.4 Å². The van der Waals surface area contributed by atoms with Crippen LogP contribution in [-0.4, -0.2) is 13.7 Å². The van der Waals surface area contributed by atoms with Crippen LogP contribution >= 0.6 is 0 Å². The summed E-state index contributed by atoms with van der Waals surface area (Å²) >= 11 is 0. The second-order valence-corrected chi connectivity index (χ2v) is 4.75. The molecule has 0 fully saturated rings. The van der Waals surface area contributed by atoms with Gasteiger partial charge in [-0.2, -0.15) is 0 Å². The zero-order chi connectivity index (χ0) is 12.3. The Balaban J connectivity index is 2.34. The fourth-order valence-electron chi connectivity index (χ4n) is 2.41. The first kappa shape index (κ1) is 12.2. The van der Waals surface area contributed by atoms with E-state index >= 15 is 0 Å². The van der Waals surface area contributed by atoms with Crippen LogP contribution in [0.5, 0.6) is 0 Å². The molecule has 0 aliphatic carbocycles. The zero-order valence-corrected chi connectivity index (χ0v) is 10.9. The number of aryl methyl sites for hydroxylation is 2. The quantitative estimate of drug-likeness (QED) is 0.862. The van der Waals surface area contributed by atoms with Gasteiger partial charge in [0.2, 0.25) is 0 Å². The van der Waals surface area contributed by atoms with E-state index in [4.69, 9.17) is 4.74 Å². The van der Waals surface area contributed by atoms with Gasteiger partial charge < -0.3 is 10.1 Å². The van der Waals surface area contributed by atoms with Gasteiger partial charge in [-0.3, -0.25) is 0 Å². The van der Waals surface area contributed by atoms with Crippen molar-refractivity contribution in [3.63, 3.8) is 0 Å². The number of rotatable bonds is 3. The fraction of sp³-hybridized carbons (Fsp3) is 0.467. The lowest BCUT2D eigenvalue weighted by atomic mass is 9.91. The number of benzene rings is 1. The normalized spacial score (nSPS) is 17.2. The highest BCUT2D eigenvalue weighted by Crippen LogP contribution is 2.29. The minimum Gasteiger partial charge on any atom is -0.501 e. The molecule has 0 amide bonds. The van der Waals surface area contributed by atoms with Crippen molar-refractivity contribution in [1.29, 1.82) is 0 Å². The summed E-state index contributed by atoms with van der Waals surface area (Å²) in [4.78, 5) is 0. The van der Waals surface area contributed by atoms with Gasteiger partial charge in [-0.25, -0.2) is 0 Å². The first-order valence-corrected chi connectivity index (χ1v) is 6.27. The molecule has 0 bridgehead atoms. The van der Waals surface area contributed by atoms with E-state index in [2.05, 4.69) is 37.4 Å². The first-order valence-electron chi connectivity index (χ1n) is 6.27. The SMILES string of the molecule is CNC(C1=COCCC1)c1cc(C)ccc1C. The summed E-state index contributed by atoms with van der Waals surface area (Å²) in [7, 11) is 2.02. The summed E-state index contributed by atoms with van der Waals surface area (Å²) < 4.78 is 5.45. The van der Waals surface area contributed by atoms with Crippen LogP contribution in [0.2, 0.25) is 0 Å². The van der Waals surface area contributed by atoms with Gasteiger partial charge >= 0.3 is 0 Å². The lowest BCUT2D eigenvalue weighted by Gasteiger charge is -2.25. The Morgan fingerprint density at radius 3 is 2.76 bits per heavy atom. The summed E-state index contributed by atoms with van der Waals surface area (Å²) in [5.41, 5.74) is 5.36. The van der Waals surface area contributed by atoms with Gasteiger partial charge in [-0.15, -0.1) is 0 Å². The largest absolute Gasteiger partial charge is 0.501 e. The molecule has 0 aromatic heterocycles. The van der Waals surface area contributed by atoms with E-state index in [9.17, 15) is 0 Å². The highest BCUT2D eigenvalue weighted by molar-refractivity contribution is 5.37. The molecule has 2 rings (SSSR count). The van der Waals surface area contributed by atoms with Crippen LogP contribution in [0.3, 0.4) is 0 Å². The van der Waals surface area contributed by atoms with E-state index in [1.807, 2.05) is 13.3 Å². The molecule has 1 unspecified atom stereocenters. The molecule has 1 aromatic rings. The minimum absolute atomic E-state index is 0.287. The molecule has 2 nitrogen and oxygen atoms in total. The summed E-state index contributed by atoms with van der Waals surface area (Å²) in [6.45, 7) is 5.16. The lowest BCUT2D eigenvalue weighted by Crippen LogP contribution is -2.21. The third-order valence-corrected chi connectivity index (χ3v) is 3.37. The van der Waals surface area contributed by atoms with Crippen molar-refractivity contribution in [2.45, 2.75) is 32.7 Å². The van der Waals surface area contributed by atoms with Crippen molar-refractivity contribution in [2.24, 2.45) is 0 Å². The monoisotopic (exact) mass is 231 g/mol. The Hall–Kier alpha value is -1.28. The molecule has 1 N–H and O–H groups in total. The Bertz CT molecular complexity index is 423. The van der Waals surface area contributed by atoms with Gasteiger partial charge in [0.15, 0.2) is 0 Å². The van der Waals surface area contributed by atoms with E-state index in [-0.39, 0.29) is 6.04 Å². The lowest BCUT2D eigenvalue weighted by molar-refractivity contribution is 0.220. The first-order chi connectivity index (χ1) is 8.22. The number of hydrogen-bond donors (Lipinski definition) is 1. The van der Waals surface area contributed by atoms with Crippen molar-refractivity contribution >= 4 is 0 Å². The number of ether oxygens (including phenoxy) is 1. The molecule has 0 radical (unpaired) electrons. The van der Waals surface area contributed by atoms with Gasteiger partial charge in [0.25, 0.3) is 0 Å². The summed E-state index contributed by atoms with van der Waals surface area (Å²) in [6, 6.07) is 6.91. The molecule has 17 heavy (non-hydrogen) atoms. The van der Waals surface area contributed by atoms with E-state index < -0.39 is 0 Å². The molecule has 1 aliphatic rings. The van der Waals surface area contributed by atoms with Gasteiger partial charge in [-0.1, -0.05) is 23.8 Å². The highest BCUT2D eigenvalue weighted by Gasteiger charge is 2.18. The predicted octanol–water partition coefficient (Wildman–Crippen LogP) is 3.26. The maximum absolute atomic E-state index is 5.45. The average Bonchev–Trinajstić information content (AvgIpc) is 2.36. The fourth-order valence-corrected chi connectivity index (χ4v) is 2.41. The molecule has 1 heterocycles. The van der Waals surface area contributed by atoms with E-state index in [1.165, 1.54) is 22.3 Å². The van der Waals surface area contributed by atoms with Crippen molar-refractivity contribution in [3.8, 4) is 0 Å². The van der Waals surface area contributed by atoms with Gasteiger partial charge in [-0.05, 0) is 50.4 Å². The topological polar surface area (TPSA) is 21.3 Å². The van der Waals surface area contributed by atoms with Crippen LogP contribution in [0.15, 0.2) is 30.0 Å². The van der Waals surface area contributed by atoms with Gasteiger partial charge in [0.05, 0.1) is 18.9 Å². The smallest absolute Gasteiger partial charge is 0.0876 e. The predicted molar refractivity (Wildman–Crippen MR) is 71.0 cm³/mol. The van der Waals surface area contributed by atoms with Crippen molar-refractivity contribution in [2.75, 3.05) is 13.7 Å². The van der Waals surface area contributed by atoms with Crippen molar-refractivity contribution in [1.82, 2.24) is 5.32 Å². The van der Waals surface area contributed by atoms with Gasteiger partial charge in [0, 0.05) is 0 Å². The summed E-state index contributed by atoms with van der Waals surface area (Å²) in [6.07, 6.45) is 4.18. The van der Waals surface area contributed by atoms with Crippen LogP contribution in [0.4, 0.5) is 0 Å². The zero-order valence-electron chi connectivity index (χ0n) is 10.9. The van der Waals surface area contributed by atoms with Crippen LogP contribution in [0.1, 0.15) is 35.6 Å². The Morgan fingerprint density at radius 1 is 1.29 bits per heavy atom. The summed E-state index contributed by atoms with van der Waals surface area (Å²) in [5.74, 6) is 0. The minimum atomic E-state index is 0.287. The Labute approximate surface area is 104 Å². The van der Waals surface area contributed by atoms with Gasteiger partial charge in [0.1, 0.15) is 0 Å². The molecule has 2 heteroatoms. The molecule has 1 aromatic carbocycles. The van der Waals surface area contributed by atoms with Crippen LogP contribution < -0.4 is 5.32 Å². The van der Waals surface area contributed by atoms with Crippen LogP contribution in [-0.2, 0) is 4.74 Å². The maximum atomic E-state index is 5.45. The Kier molecular flexibility index (Phi) is 3.85. The molecular weight excluding hydrogens is 210 g/mol. The number of likely N-dealkylation sites (N-methyl/N-ethyl adjacent to an activating group) is 1. The second kappa shape index (κ2) is 5.37. The third kappa shape index (κ3) is 2.70. The molecule has 0 spiro atoms. The average molecular weight is 231 g/mol. The van der Waals surface area contributed by atoms with Crippen LogP contribution in [0, 0.1) is 13.8 Å². The van der Waals surface area contributed by atoms with Crippen LogP contribution in [0.25, 0.3) is 0 Å². The summed E-state index contributed by atoms with van der Waals surface area (Å²) in [5, 5.41) is 3.41. The number of hydrogen-bond acceptors (Lipinski definition) is 2. The Morgan fingerprint density at radius 2 is 2.12 bits per heavy atom. The third-order valence-electron chi connectivity index (χ3n) is 3.37. The molecule has 1 atom stereocenters. The number of nitrogens with one attached hydrogen (secondary N) is 1. The maximum Gasteiger partial charge on any atom is 0.0876 e. The van der Waals surface area contributed by atoms with E-state index in [1.54, 1.807) is 0 Å². The molecule has 1 aliphatic heterocycles.